The van der Waals surface area contributed by atoms with E-state index in [1.54, 1.807) is 0 Å². The highest BCUT2D eigenvalue weighted by Gasteiger charge is 2.22. The van der Waals surface area contributed by atoms with E-state index >= 15 is 0 Å². The van der Waals surface area contributed by atoms with Crippen LogP contribution < -0.4 is 11.1 Å². The topological polar surface area (TPSA) is 55.1 Å². The maximum atomic E-state index is 13.3. The maximum absolute atomic E-state index is 13.3. The minimum absolute atomic E-state index is 0.0538. The molecule has 1 amide bonds. The predicted molar refractivity (Wildman–Crippen MR) is 76.3 cm³/mol. The normalized spacial score (nSPS) is 11.5. The van der Waals surface area contributed by atoms with Gasteiger partial charge < -0.3 is 11.1 Å². The highest BCUT2D eigenvalue weighted by Crippen LogP contribution is 2.24. The van der Waals surface area contributed by atoms with Gasteiger partial charge in [-0.15, -0.1) is 0 Å². The molecular weight excluding hydrogens is 290 g/mol. The van der Waals surface area contributed by atoms with Crippen LogP contribution >= 0.6 is 23.2 Å². The summed E-state index contributed by atoms with van der Waals surface area (Å²) in [7, 11) is 0. The van der Waals surface area contributed by atoms with Crippen LogP contribution in [0.4, 0.5) is 4.39 Å². The Labute approximate surface area is 122 Å². The van der Waals surface area contributed by atoms with E-state index in [0.29, 0.717) is 6.54 Å². The van der Waals surface area contributed by atoms with Gasteiger partial charge in [-0.3, -0.25) is 4.79 Å². The summed E-state index contributed by atoms with van der Waals surface area (Å²) in [5, 5.41) is 2.67. The number of rotatable bonds is 5. The van der Waals surface area contributed by atoms with Crippen LogP contribution in [0.25, 0.3) is 0 Å². The van der Waals surface area contributed by atoms with E-state index in [0.717, 1.165) is 18.9 Å². The second-order valence-electron chi connectivity index (χ2n) is 4.50. The molecule has 0 radical (unpaired) electrons. The number of halogens is 3. The molecule has 0 heterocycles. The quantitative estimate of drug-likeness (QED) is 0.819. The molecule has 0 bridgehead atoms. The van der Waals surface area contributed by atoms with Crippen LogP contribution in [0.5, 0.6) is 0 Å². The lowest BCUT2D eigenvalue weighted by atomic mass is 9.94. The fourth-order valence-corrected chi connectivity index (χ4v) is 2.02. The van der Waals surface area contributed by atoms with Crippen molar-refractivity contribution in [1.29, 1.82) is 0 Å². The molecule has 0 aliphatic rings. The summed E-state index contributed by atoms with van der Waals surface area (Å²) < 4.78 is 13.3. The van der Waals surface area contributed by atoms with Crippen LogP contribution in [0.3, 0.4) is 0 Å². The van der Waals surface area contributed by atoms with Crippen molar-refractivity contribution in [2.45, 2.75) is 32.2 Å². The Morgan fingerprint density at radius 2 is 1.89 bits per heavy atom. The van der Waals surface area contributed by atoms with Crippen molar-refractivity contribution in [1.82, 2.24) is 5.32 Å². The third-order valence-corrected chi connectivity index (χ3v) is 3.87. The molecule has 106 valence electrons. The standard InChI is InChI=1S/C13H17Cl2FN2O/c1-3-13(17,4-2)7-18-12(19)8-5-11(16)10(15)6-9(8)14/h5-6H,3-4,7,17H2,1-2H3,(H,18,19). The van der Waals surface area contributed by atoms with E-state index in [4.69, 9.17) is 28.9 Å². The molecule has 0 saturated heterocycles. The lowest BCUT2D eigenvalue weighted by molar-refractivity contribution is 0.0942. The molecule has 0 spiro atoms. The Bertz CT molecular complexity index is 476. The number of hydrogen-bond acceptors (Lipinski definition) is 2. The largest absolute Gasteiger partial charge is 0.350 e. The summed E-state index contributed by atoms with van der Waals surface area (Å²) in [6.07, 6.45) is 1.46. The average Bonchev–Trinajstić information content (AvgIpc) is 2.39. The molecule has 0 unspecified atom stereocenters. The maximum Gasteiger partial charge on any atom is 0.252 e. The number of carbonyl (C=O) groups is 1. The number of hydrogen-bond donors (Lipinski definition) is 2. The molecular formula is C13H17Cl2FN2O. The Morgan fingerprint density at radius 1 is 1.32 bits per heavy atom. The second kappa shape index (κ2) is 6.55. The minimum Gasteiger partial charge on any atom is -0.350 e. The first-order valence-corrected chi connectivity index (χ1v) is 6.80. The number of benzene rings is 1. The Kier molecular flexibility index (Phi) is 5.59. The zero-order valence-electron chi connectivity index (χ0n) is 10.9. The van der Waals surface area contributed by atoms with Gasteiger partial charge in [0.2, 0.25) is 0 Å². The predicted octanol–water partition coefficient (Wildman–Crippen LogP) is 3.38. The summed E-state index contributed by atoms with van der Waals surface area (Å²) >= 11 is 11.4. The molecule has 6 heteroatoms. The lowest BCUT2D eigenvalue weighted by Gasteiger charge is -2.26. The van der Waals surface area contributed by atoms with Gasteiger partial charge in [-0.05, 0) is 25.0 Å². The van der Waals surface area contributed by atoms with E-state index < -0.39 is 17.3 Å². The van der Waals surface area contributed by atoms with Crippen LogP contribution in [-0.2, 0) is 0 Å². The van der Waals surface area contributed by atoms with E-state index in [1.165, 1.54) is 6.07 Å². The fourth-order valence-electron chi connectivity index (χ4n) is 1.55. The summed E-state index contributed by atoms with van der Waals surface area (Å²) in [5.74, 6) is -1.14. The van der Waals surface area contributed by atoms with E-state index in [9.17, 15) is 9.18 Å². The van der Waals surface area contributed by atoms with Crippen LogP contribution in [0, 0.1) is 5.82 Å². The Hall–Kier alpha value is -0.840. The molecule has 0 atom stereocenters. The van der Waals surface area contributed by atoms with Crippen LogP contribution in [0.1, 0.15) is 37.0 Å². The molecule has 3 nitrogen and oxygen atoms in total. The van der Waals surface area contributed by atoms with Crippen molar-refractivity contribution in [3.8, 4) is 0 Å². The number of carbonyl (C=O) groups excluding carboxylic acids is 1. The monoisotopic (exact) mass is 306 g/mol. The van der Waals surface area contributed by atoms with Crippen molar-refractivity contribution >= 4 is 29.1 Å². The minimum atomic E-state index is -0.679. The van der Waals surface area contributed by atoms with Gasteiger partial charge in [-0.25, -0.2) is 4.39 Å². The van der Waals surface area contributed by atoms with Crippen molar-refractivity contribution in [3.05, 3.63) is 33.6 Å². The van der Waals surface area contributed by atoms with Gasteiger partial charge in [0.15, 0.2) is 0 Å². The van der Waals surface area contributed by atoms with Crippen LogP contribution in [0.2, 0.25) is 10.0 Å². The summed E-state index contributed by atoms with van der Waals surface area (Å²) in [4.78, 5) is 11.9. The van der Waals surface area contributed by atoms with Crippen molar-refractivity contribution in [3.63, 3.8) is 0 Å². The first kappa shape index (κ1) is 16.2. The number of nitrogens with one attached hydrogen (secondary N) is 1. The van der Waals surface area contributed by atoms with E-state index in [2.05, 4.69) is 5.32 Å². The Morgan fingerprint density at radius 3 is 2.42 bits per heavy atom. The molecule has 1 rings (SSSR count). The summed E-state index contributed by atoms with van der Waals surface area (Å²) in [6.45, 7) is 4.20. The first-order chi connectivity index (χ1) is 8.83. The molecule has 3 N–H and O–H groups in total. The average molecular weight is 307 g/mol. The molecule has 1 aromatic rings. The zero-order valence-corrected chi connectivity index (χ0v) is 12.4. The third-order valence-electron chi connectivity index (χ3n) is 3.26. The van der Waals surface area contributed by atoms with Crippen molar-refractivity contribution in [2.24, 2.45) is 5.73 Å². The second-order valence-corrected chi connectivity index (χ2v) is 5.31. The Balaban J connectivity index is 2.82. The van der Waals surface area contributed by atoms with Gasteiger partial charge in [-0.1, -0.05) is 37.0 Å². The van der Waals surface area contributed by atoms with E-state index in [1.807, 2.05) is 13.8 Å². The fraction of sp³-hybridized carbons (Fsp3) is 0.462. The smallest absolute Gasteiger partial charge is 0.252 e. The van der Waals surface area contributed by atoms with Crippen molar-refractivity contribution < 1.29 is 9.18 Å². The number of nitrogens with two attached hydrogens (primary N) is 1. The van der Waals surface area contributed by atoms with E-state index in [-0.39, 0.29) is 15.6 Å². The molecule has 0 aliphatic carbocycles. The molecule has 0 aromatic heterocycles. The third kappa shape index (κ3) is 4.06. The van der Waals surface area contributed by atoms with Gasteiger partial charge in [-0.2, -0.15) is 0 Å². The van der Waals surface area contributed by atoms with Crippen LogP contribution in [-0.4, -0.2) is 18.0 Å². The zero-order chi connectivity index (χ0) is 14.6. The van der Waals surface area contributed by atoms with Gasteiger partial charge in [0.25, 0.3) is 5.91 Å². The van der Waals surface area contributed by atoms with Gasteiger partial charge >= 0.3 is 0 Å². The van der Waals surface area contributed by atoms with Gasteiger partial charge in [0.1, 0.15) is 5.82 Å². The lowest BCUT2D eigenvalue weighted by Crippen LogP contribution is -2.49. The van der Waals surface area contributed by atoms with Crippen LogP contribution in [0.15, 0.2) is 12.1 Å². The number of amides is 1. The molecule has 0 aliphatic heterocycles. The molecule has 0 fully saturated rings. The summed E-state index contributed by atoms with van der Waals surface area (Å²) in [5.41, 5.74) is 5.66. The molecule has 19 heavy (non-hydrogen) atoms. The van der Waals surface area contributed by atoms with Crippen molar-refractivity contribution in [2.75, 3.05) is 6.54 Å². The highest BCUT2D eigenvalue weighted by atomic mass is 35.5. The van der Waals surface area contributed by atoms with Gasteiger partial charge in [0.05, 0.1) is 15.6 Å². The summed E-state index contributed by atoms with van der Waals surface area (Å²) in [6, 6.07) is 2.23. The molecule has 0 saturated carbocycles. The molecule has 1 aromatic carbocycles. The SMILES string of the molecule is CCC(N)(CC)CNC(=O)c1cc(F)c(Cl)cc1Cl. The highest BCUT2D eigenvalue weighted by molar-refractivity contribution is 6.36. The van der Waals surface area contributed by atoms with Gasteiger partial charge in [0, 0.05) is 12.1 Å². The first-order valence-electron chi connectivity index (χ1n) is 6.04.